The standard InChI is InChI=1S/C22H18N6O.C16H13ClN6.C6H7BO3/c23-13-15-9-10-20(26-14-15)24-11-12-25-21-16-5-1-3-7-18(16)27-22(28-21)17-6-2-4-8-19(17)29;17-16-22-13-4-2-1-3-12(13)15(23-16)20-8-7-19-14-6-5-11(9-18)10-21-14;8-6-4-2-1-3-5(6)7(9)10/h1-10,14,29H,11-12H2,(H,24,26)(H,25,27,28);1-6,10H,7-8H2,(H,19,21)(H,20,22,23);1-4,8-10H. The number of rotatable bonds is 12. The first kappa shape index (κ1) is 43.5. The zero-order valence-corrected chi connectivity index (χ0v) is 33.6. The molecule has 16 nitrogen and oxygen atoms in total. The minimum absolute atomic E-state index is 0.0995. The Morgan fingerprint density at radius 1 is 0.532 bits per heavy atom. The molecular formula is C44H38BClN12O4. The zero-order chi connectivity index (χ0) is 43.7. The van der Waals surface area contributed by atoms with Crippen LogP contribution in [0.15, 0.2) is 134 Å². The number of nitrogens with zero attached hydrogens (tertiary/aromatic N) is 8. The third-order valence-corrected chi connectivity index (χ3v) is 8.94. The summed E-state index contributed by atoms with van der Waals surface area (Å²) in [7, 11) is -1.60. The molecule has 0 spiro atoms. The molecule has 4 heterocycles. The van der Waals surface area contributed by atoms with Crippen molar-refractivity contribution in [2.75, 3.05) is 47.4 Å². The number of aromatic hydroxyl groups is 2. The molecule has 0 radical (unpaired) electrons. The van der Waals surface area contributed by atoms with Gasteiger partial charge in [-0.15, -0.1) is 0 Å². The van der Waals surface area contributed by atoms with Crippen LogP contribution in [0.2, 0.25) is 5.28 Å². The van der Waals surface area contributed by atoms with Gasteiger partial charge in [0, 0.05) is 54.8 Å². The van der Waals surface area contributed by atoms with E-state index in [2.05, 4.69) is 51.2 Å². The van der Waals surface area contributed by atoms with Gasteiger partial charge in [-0.1, -0.05) is 54.6 Å². The van der Waals surface area contributed by atoms with Crippen molar-refractivity contribution in [2.45, 2.75) is 0 Å². The Balaban J connectivity index is 0.000000173. The lowest BCUT2D eigenvalue weighted by Crippen LogP contribution is -2.29. The smallest absolute Gasteiger partial charge is 0.492 e. The topological polar surface area (TPSA) is 254 Å². The van der Waals surface area contributed by atoms with Crippen LogP contribution in [-0.2, 0) is 0 Å². The van der Waals surface area contributed by atoms with Crippen LogP contribution in [0, 0.1) is 22.7 Å². The van der Waals surface area contributed by atoms with Crippen LogP contribution in [0.5, 0.6) is 11.5 Å². The van der Waals surface area contributed by atoms with Crippen LogP contribution in [0.25, 0.3) is 33.2 Å². The summed E-state index contributed by atoms with van der Waals surface area (Å²) in [6.45, 7) is 2.50. The molecule has 0 saturated carbocycles. The average Bonchev–Trinajstić information content (AvgIpc) is 3.30. The first-order valence-corrected chi connectivity index (χ1v) is 19.4. The molecule has 8 rings (SSSR count). The molecule has 0 amide bonds. The van der Waals surface area contributed by atoms with Gasteiger partial charge in [-0.2, -0.15) is 10.5 Å². The number of pyridine rings is 2. The quantitative estimate of drug-likeness (QED) is 0.0402. The number of phenols is 2. The summed E-state index contributed by atoms with van der Waals surface area (Å²) in [5, 5.41) is 68.9. The molecule has 0 aliphatic rings. The van der Waals surface area contributed by atoms with Crippen molar-refractivity contribution in [3.8, 4) is 35.0 Å². The highest BCUT2D eigenvalue weighted by atomic mass is 35.5. The summed E-state index contributed by atoms with van der Waals surface area (Å²) in [5.74, 6) is 3.33. The molecule has 8 aromatic rings. The Kier molecular flexibility index (Phi) is 15.3. The van der Waals surface area contributed by atoms with E-state index in [1.54, 1.807) is 54.6 Å². The molecule has 0 bridgehead atoms. The largest absolute Gasteiger partial charge is 0.508 e. The van der Waals surface area contributed by atoms with Gasteiger partial charge in [-0.25, -0.2) is 29.9 Å². The number of nitrogens with one attached hydrogen (secondary N) is 4. The number of phenolic OH excluding ortho intramolecular Hbond substituents is 2. The van der Waals surface area contributed by atoms with Crippen LogP contribution in [0.3, 0.4) is 0 Å². The number of anilines is 4. The summed E-state index contributed by atoms with van der Waals surface area (Å²) in [6, 6.07) is 39.6. The second kappa shape index (κ2) is 21.8. The van der Waals surface area contributed by atoms with E-state index in [0.717, 1.165) is 27.6 Å². The number of halogens is 1. The molecule has 8 N–H and O–H groups in total. The van der Waals surface area contributed by atoms with Gasteiger partial charge in [-0.3, -0.25) is 0 Å². The van der Waals surface area contributed by atoms with E-state index >= 15 is 0 Å². The van der Waals surface area contributed by atoms with E-state index in [1.165, 1.54) is 24.5 Å². The maximum Gasteiger partial charge on any atom is 0.492 e. The Hall–Kier alpha value is -8.09. The third-order valence-electron chi connectivity index (χ3n) is 8.77. The lowest BCUT2D eigenvalue weighted by atomic mass is 9.80. The van der Waals surface area contributed by atoms with Gasteiger partial charge in [0.2, 0.25) is 5.28 Å². The van der Waals surface area contributed by atoms with Crippen LogP contribution in [0.1, 0.15) is 11.1 Å². The second-order valence-corrected chi connectivity index (χ2v) is 13.4. The lowest BCUT2D eigenvalue weighted by molar-refractivity contribution is 0.419. The van der Waals surface area contributed by atoms with E-state index < -0.39 is 7.12 Å². The van der Waals surface area contributed by atoms with Crippen LogP contribution in [-0.4, -0.2) is 83.5 Å². The highest BCUT2D eigenvalue weighted by Gasteiger charge is 2.14. The van der Waals surface area contributed by atoms with Gasteiger partial charge in [0.25, 0.3) is 0 Å². The fraction of sp³-hybridized carbons (Fsp3) is 0.0909. The van der Waals surface area contributed by atoms with Gasteiger partial charge >= 0.3 is 7.12 Å². The molecule has 18 heteroatoms. The molecule has 0 saturated heterocycles. The van der Waals surface area contributed by atoms with Crippen molar-refractivity contribution < 1.29 is 20.3 Å². The third kappa shape index (κ3) is 12.0. The average molecular weight is 845 g/mol. The van der Waals surface area contributed by atoms with Crippen molar-refractivity contribution in [3.05, 3.63) is 150 Å². The fourth-order valence-electron chi connectivity index (χ4n) is 5.76. The van der Waals surface area contributed by atoms with Gasteiger partial charge < -0.3 is 41.5 Å². The Morgan fingerprint density at radius 3 is 1.52 bits per heavy atom. The van der Waals surface area contributed by atoms with E-state index in [-0.39, 0.29) is 22.2 Å². The van der Waals surface area contributed by atoms with Crippen LogP contribution < -0.4 is 26.7 Å². The van der Waals surface area contributed by atoms with E-state index in [0.29, 0.717) is 66.1 Å². The minimum atomic E-state index is -1.60. The molecule has 0 aliphatic carbocycles. The van der Waals surface area contributed by atoms with Gasteiger partial charge in [0.05, 0.1) is 27.7 Å². The summed E-state index contributed by atoms with van der Waals surface area (Å²) in [4.78, 5) is 26.0. The van der Waals surface area contributed by atoms with Crippen molar-refractivity contribution in [1.82, 2.24) is 29.9 Å². The summed E-state index contributed by atoms with van der Waals surface area (Å²) in [6.07, 6.45) is 3.07. The summed E-state index contributed by atoms with van der Waals surface area (Å²) in [5.41, 5.74) is 3.37. The van der Waals surface area contributed by atoms with Gasteiger partial charge in [0.15, 0.2) is 5.82 Å². The highest BCUT2D eigenvalue weighted by Crippen LogP contribution is 2.30. The normalized spacial score (nSPS) is 10.2. The molecule has 62 heavy (non-hydrogen) atoms. The molecule has 4 aromatic heterocycles. The summed E-state index contributed by atoms with van der Waals surface area (Å²) < 4.78 is 0. The molecule has 0 atom stereocenters. The van der Waals surface area contributed by atoms with Gasteiger partial charge in [-0.05, 0) is 78.3 Å². The predicted octanol–water partition coefficient (Wildman–Crippen LogP) is 5.94. The second-order valence-electron chi connectivity index (χ2n) is 13.0. The number of hydrogen-bond acceptors (Lipinski definition) is 16. The maximum absolute atomic E-state index is 10.2. The van der Waals surface area contributed by atoms with Crippen molar-refractivity contribution >= 4 is 69.3 Å². The van der Waals surface area contributed by atoms with Crippen molar-refractivity contribution in [2.24, 2.45) is 0 Å². The molecule has 0 fully saturated rings. The summed E-state index contributed by atoms with van der Waals surface area (Å²) >= 11 is 5.95. The number of para-hydroxylation sites is 4. The van der Waals surface area contributed by atoms with Crippen molar-refractivity contribution in [1.29, 1.82) is 10.5 Å². The van der Waals surface area contributed by atoms with E-state index in [1.807, 2.05) is 66.7 Å². The first-order chi connectivity index (χ1) is 30.2. The van der Waals surface area contributed by atoms with E-state index in [4.69, 9.17) is 37.3 Å². The number of benzene rings is 4. The zero-order valence-electron chi connectivity index (χ0n) is 32.9. The Labute approximate surface area is 361 Å². The molecule has 0 unspecified atom stereocenters. The highest BCUT2D eigenvalue weighted by molar-refractivity contribution is 6.59. The fourth-order valence-corrected chi connectivity index (χ4v) is 5.93. The Bertz CT molecular complexity index is 2820. The van der Waals surface area contributed by atoms with Gasteiger partial charge in [0.1, 0.15) is 46.9 Å². The van der Waals surface area contributed by atoms with Crippen molar-refractivity contribution in [3.63, 3.8) is 0 Å². The number of aromatic nitrogens is 6. The Morgan fingerprint density at radius 2 is 1.02 bits per heavy atom. The number of hydrogen-bond donors (Lipinski definition) is 8. The van der Waals surface area contributed by atoms with Crippen LogP contribution in [0.4, 0.5) is 23.3 Å². The van der Waals surface area contributed by atoms with Crippen LogP contribution >= 0.6 is 11.6 Å². The maximum atomic E-state index is 10.2. The first-order valence-electron chi connectivity index (χ1n) is 19.0. The molecule has 4 aromatic carbocycles. The SMILES string of the molecule is N#Cc1ccc(NCCNc2nc(-c3ccccc3O)nc3ccccc23)nc1.N#Cc1ccc(NCCNc2nc(Cl)nc3ccccc23)nc1.OB(O)c1ccccc1O. The molecular weight excluding hydrogens is 807 g/mol. The molecule has 0 aliphatic heterocycles. The lowest BCUT2D eigenvalue weighted by Gasteiger charge is -2.12. The minimum Gasteiger partial charge on any atom is -0.508 e. The van der Waals surface area contributed by atoms with E-state index in [9.17, 15) is 5.11 Å². The number of fused-ring (bicyclic) bond motifs is 2. The number of nitriles is 2. The molecule has 308 valence electrons. The monoisotopic (exact) mass is 844 g/mol. The predicted molar refractivity (Wildman–Crippen MR) is 241 cm³/mol.